The van der Waals surface area contributed by atoms with Gasteiger partial charge in [0.2, 0.25) is 21.8 Å². The fourth-order valence-electron chi connectivity index (χ4n) is 4.22. The number of nitrogens with one attached hydrogen (secondary N) is 3. The minimum atomic E-state index is -4.23. The van der Waals surface area contributed by atoms with Crippen LogP contribution in [0.25, 0.3) is 10.8 Å². The Kier molecular flexibility index (Phi) is 9.30. The lowest BCUT2D eigenvalue weighted by atomic mass is 10.1. The molecular weight excluding hydrogens is 514 g/mol. The number of rotatable bonds is 12. The lowest BCUT2D eigenvalue weighted by Gasteiger charge is -2.20. The molecule has 0 saturated heterocycles. The number of carbonyl (C=O) groups excluding carboxylic acids is 2. The number of fused-ring (bicyclic) bond motifs is 1. The molecule has 2 amide bonds. The first-order chi connectivity index (χ1) is 18.9. The van der Waals surface area contributed by atoms with Crippen LogP contribution in [-0.2, 0) is 32.7 Å². The largest absolute Gasteiger partial charge is 0.495 e. The van der Waals surface area contributed by atoms with Crippen LogP contribution in [0.15, 0.2) is 102 Å². The first kappa shape index (κ1) is 27.8. The average Bonchev–Trinajstić information content (AvgIpc) is 2.97. The predicted octanol–water partition coefficient (Wildman–Crippen LogP) is 3.91. The van der Waals surface area contributed by atoms with Gasteiger partial charge < -0.3 is 15.4 Å². The van der Waals surface area contributed by atoms with E-state index in [1.165, 1.54) is 7.11 Å². The van der Waals surface area contributed by atoms with E-state index in [9.17, 15) is 18.0 Å². The smallest absolute Gasteiger partial charge is 0.245 e. The van der Waals surface area contributed by atoms with E-state index in [2.05, 4.69) is 15.4 Å². The molecule has 39 heavy (non-hydrogen) atoms. The molecule has 4 rings (SSSR count). The van der Waals surface area contributed by atoms with E-state index >= 15 is 0 Å². The summed E-state index contributed by atoms with van der Waals surface area (Å²) in [5.41, 5.74) is 1.80. The number of sulfonamides is 1. The van der Waals surface area contributed by atoms with E-state index in [1.807, 2.05) is 66.7 Å². The fourth-order valence-corrected chi connectivity index (χ4v) is 5.83. The molecule has 1 unspecified atom stereocenters. The molecule has 0 fully saturated rings. The summed E-state index contributed by atoms with van der Waals surface area (Å²) in [5.74, 6) is -0.663. The van der Waals surface area contributed by atoms with Crippen LogP contribution in [0.3, 0.4) is 0 Å². The number of carbonyl (C=O) groups is 2. The first-order valence-electron chi connectivity index (χ1n) is 12.6. The summed E-state index contributed by atoms with van der Waals surface area (Å²) in [6, 6.07) is 27.9. The van der Waals surface area contributed by atoms with Gasteiger partial charge in [-0.05, 0) is 29.0 Å². The maximum Gasteiger partial charge on any atom is 0.245 e. The van der Waals surface area contributed by atoms with Crippen LogP contribution in [-0.4, -0.2) is 33.4 Å². The van der Waals surface area contributed by atoms with E-state index in [-0.39, 0.29) is 35.9 Å². The number of methoxy groups -OCH3 is 1. The standard InChI is InChI=1S/C30H31N3O5S/c1-38-27-18-16-24-14-8-9-15-25(24)29(27)39(36,37)33-26(30(35)32-21-23-12-6-3-7-13-23)17-19-28(34)31-20-22-10-4-2-5-11-22/h2-16,18,26,33H,17,19-21H2,1H3,(H,31,34)(H,32,35). The van der Waals surface area contributed by atoms with Gasteiger partial charge in [0, 0.05) is 24.9 Å². The van der Waals surface area contributed by atoms with E-state index < -0.39 is 22.0 Å². The van der Waals surface area contributed by atoms with Crippen LogP contribution in [0.2, 0.25) is 0 Å². The van der Waals surface area contributed by atoms with Crippen molar-refractivity contribution in [2.75, 3.05) is 7.11 Å². The average molecular weight is 546 g/mol. The Morgan fingerprint density at radius 3 is 2.00 bits per heavy atom. The van der Waals surface area contributed by atoms with Gasteiger partial charge in [0.25, 0.3) is 0 Å². The summed E-state index contributed by atoms with van der Waals surface area (Å²) in [4.78, 5) is 25.8. The Bertz CT molecular complexity index is 1530. The molecule has 0 aliphatic rings. The quantitative estimate of drug-likeness (QED) is 0.250. The zero-order valence-electron chi connectivity index (χ0n) is 21.6. The third-order valence-corrected chi connectivity index (χ3v) is 7.80. The molecule has 0 aromatic heterocycles. The van der Waals surface area contributed by atoms with Crippen LogP contribution in [0.1, 0.15) is 24.0 Å². The molecule has 1 atom stereocenters. The van der Waals surface area contributed by atoms with Gasteiger partial charge in [-0.15, -0.1) is 0 Å². The SMILES string of the molecule is COc1ccc2ccccc2c1S(=O)(=O)NC(CCC(=O)NCc1ccccc1)C(=O)NCc1ccccc1. The molecule has 0 aliphatic carbocycles. The molecule has 9 heteroatoms. The minimum Gasteiger partial charge on any atom is -0.495 e. The minimum absolute atomic E-state index is 0.0342. The summed E-state index contributed by atoms with van der Waals surface area (Å²) in [5, 5.41) is 6.79. The van der Waals surface area contributed by atoms with E-state index in [0.29, 0.717) is 17.3 Å². The van der Waals surface area contributed by atoms with Gasteiger partial charge in [0.15, 0.2) is 0 Å². The molecule has 202 valence electrons. The van der Waals surface area contributed by atoms with E-state index in [1.54, 1.807) is 30.3 Å². The van der Waals surface area contributed by atoms with Crippen molar-refractivity contribution in [1.82, 2.24) is 15.4 Å². The van der Waals surface area contributed by atoms with Gasteiger partial charge in [-0.3, -0.25) is 9.59 Å². The van der Waals surface area contributed by atoms with Crippen molar-refractivity contribution >= 4 is 32.6 Å². The van der Waals surface area contributed by atoms with Gasteiger partial charge in [-0.25, -0.2) is 8.42 Å². The molecule has 8 nitrogen and oxygen atoms in total. The molecule has 0 aliphatic heterocycles. The van der Waals surface area contributed by atoms with E-state index in [0.717, 1.165) is 11.1 Å². The Morgan fingerprint density at radius 2 is 1.36 bits per heavy atom. The molecule has 0 bridgehead atoms. The highest BCUT2D eigenvalue weighted by Gasteiger charge is 2.30. The number of hydrogen-bond donors (Lipinski definition) is 3. The lowest BCUT2D eigenvalue weighted by molar-refractivity contribution is -0.124. The summed E-state index contributed by atoms with van der Waals surface area (Å²) in [6.07, 6.45) is -0.0843. The molecule has 0 spiro atoms. The Hall–Kier alpha value is -4.21. The number of hydrogen-bond acceptors (Lipinski definition) is 5. The maximum absolute atomic E-state index is 13.7. The first-order valence-corrected chi connectivity index (χ1v) is 14.1. The zero-order valence-corrected chi connectivity index (χ0v) is 22.4. The van der Waals surface area contributed by atoms with Crippen LogP contribution >= 0.6 is 0 Å². The second-order valence-electron chi connectivity index (χ2n) is 9.00. The summed E-state index contributed by atoms with van der Waals surface area (Å²) in [7, 11) is -2.83. The highest BCUT2D eigenvalue weighted by atomic mass is 32.2. The van der Waals surface area contributed by atoms with Gasteiger partial charge >= 0.3 is 0 Å². The molecule has 0 saturated carbocycles. The van der Waals surface area contributed by atoms with Crippen LogP contribution in [0, 0.1) is 0 Å². The van der Waals surface area contributed by atoms with Crippen molar-refractivity contribution in [2.24, 2.45) is 0 Å². The number of amides is 2. The second kappa shape index (κ2) is 13.0. The van der Waals surface area contributed by atoms with Crippen LogP contribution in [0.4, 0.5) is 0 Å². The molecular formula is C30H31N3O5S. The number of benzene rings is 4. The van der Waals surface area contributed by atoms with Gasteiger partial charge in [0.1, 0.15) is 16.7 Å². The summed E-state index contributed by atoms with van der Waals surface area (Å²) in [6.45, 7) is 0.555. The molecule has 4 aromatic carbocycles. The Balaban J connectivity index is 1.54. The summed E-state index contributed by atoms with van der Waals surface area (Å²) < 4.78 is 35.3. The molecule has 3 N–H and O–H groups in total. The highest BCUT2D eigenvalue weighted by Crippen LogP contribution is 2.32. The normalized spacial score (nSPS) is 12.0. The van der Waals surface area contributed by atoms with Gasteiger partial charge in [0.05, 0.1) is 7.11 Å². The second-order valence-corrected chi connectivity index (χ2v) is 10.6. The topological polar surface area (TPSA) is 114 Å². The van der Waals surface area contributed by atoms with Crippen molar-refractivity contribution in [2.45, 2.75) is 36.9 Å². The van der Waals surface area contributed by atoms with Crippen molar-refractivity contribution < 1.29 is 22.7 Å². The third kappa shape index (κ3) is 7.43. The Morgan fingerprint density at radius 1 is 0.769 bits per heavy atom. The summed E-state index contributed by atoms with van der Waals surface area (Å²) >= 11 is 0. The highest BCUT2D eigenvalue weighted by molar-refractivity contribution is 7.90. The van der Waals surface area contributed by atoms with Gasteiger partial charge in [-0.2, -0.15) is 4.72 Å². The monoisotopic (exact) mass is 545 g/mol. The third-order valence-electron chi connectivity index (χ3n) is 6.25. The molecule has 0 heterocycles. The van der Waals surface area contributed by atoms with Crippen LogP contribution in [0.5, 0.6) is 5.75 Å². The molecule has 4 aromatic rings. The van der Waals surface area contributed by atoms with Crippen LogP contribution < -0.4 is 20.1 Å². The van der Waals surface area contributed by atoms with E-state index in [4.69, 9.17) is 4.74 Å². The zero-order chi connectivity index (χ0) is 27.7. The maximum atomic E-state index is 13.7. The lowest BCUT2D eigenvalue weighted by Crippen LogP contribution is -2.47. The van der Waals surface area contributed by atoms with Gasteiger partial charge in [-0.1, -0.05) is 91.0 Å². The van der Waals surface area contributed by atoms with Crippen molar-refractivity contribution in [3.8, 4) is 5.75 Å². The predicted molar refractivity (Wildman–Crippen MR) is 150 cm³/mol. The van der Waals surface area contributed by atoms with Crippen molar-refractivity contribution in [1.29, 1.82) is 0 Å². The fraction of sp³-hybridized carbons (Fsp3) is 0.200. The number of ether oxygens (including phenoxy) is 1. The van der Waals surface area contributed by atoms with Crippen molar-refractivity contribution in [3.63, 3.8) is 0 Å². The van der Waals surface area contributed by atoms with Crippen molar-refractivity contribution in [3.05, 3.63) is 108 Å². The molecule has 0 radical (unpaired) electrons. The Labute approximate surface area is 228 Å².